The van der Waals surface area contributed by atoms with Crippen LogP contribution < -0.4 is 17.1 Å². The predicted molar refractivity (Wildman–Crippen MR) is 69.5 cm³/mol. The lowest BCUT2D eigenvalue weighted by molar-refractivity contribution is 0.0201. The van der Waals surface area contributed by atoms with E-state index in [1.807, 2.05) is 20.8 Å². The van der Waals surface area contributed by atoms with Gasteiger partial charge in [-0.15, -0.1) is 0 Å². The zero-order valence-corrected chi connectivity index (χ0v) is 11.3. The highest BCUT2D eigenvalue weighted by molar-refractivity contribution is 5.84. The van der Waals surface area contributed by atoms with E-state index in [2.05, 4.69) is 10.5 Å². The largest absolute Gasteiger partial charge is 0.444 e. The van der Waals surface area contributed by atoms with Crippen molar-refractivity contribution in [1.29, 1.82) is 0 Å². The first-order valence-corrected chi connectivity index (χ1v) is 6.09. The van der Waals surface area contributed by atoms with E-state index in [-0.39, 0.29) is 12.0 Å². The predicted octanol–water partition coefficient (Wildman–Crippen LogP) is 0.369. The lowest BCUT2D eigenvalue weighted by atomic mass is 9.96. The second-order valence-corrected chi connectivity index (χ2v) is 5.40. The SMILES string of the molecule is CC(C)(C)OC(=O)N1CCC(/C(=N/N)NN)CC1. The van der Waals surface area contributed by atoms with Gasteiger partial charge in [-0.05, 0) is 33.6 Å². The monoisotopic (exact) mass is 257 g/mol. The van der Waals surface area contributed by atoms with Crippen molar-refractivity contribution in [2.24, 2.45) is 22.7 Å². The molecule has 0 aromatic carbocycles. The van der Waals surface area contributed by atoms with Crippen molar-refractivity contribution >= 4 is 11.9 Å². The van der Waals surface area contributed by atoms with Gasteiger partial charge in [-0.25, -0.2) is 10.6 Å². The highest BCUT2D eigenvalue weighted by Gasteiger charge is 2.28. The Hall–Kier alpha value is -1.50. The maximum atomic E-state index is 11.8. The van der Waals surface area contributed by atoms with Gasteiger partial charge in [0.05, 0.1) is 0 Å². The van der Waals surface area contributed by atoms with Crippen LogP contribution in [0.25, 0.3) is 0 Å². The quantitative estimate of drug-likeness (QED) is 0.272. The van der Waals surface area contributed by atoms with Crippen molar-refractivity contribution in [3.05, 3.63) is 0 Å². The third-order valence-electron chi connectivity index (χ3n) is 2.82. The Labute approximate surface area is 107 Å². The summed E-state index contributed by atoms with van der Waals surface area (Å²) in [6, 6.07) is 0. The van der Waals surface area contributed by atoms with E-state index in [1.165, 1.54) is 0 Å². The number of nitrogens with zero attached hydrogens (tertiary/aromatic N) is 2. The van der Waals surface area contributed by atoms with Crippen molar-refractivity contribution in [3.63, 3.8) is 0 Å². The fraction of sp³-hybridized carbons (Fsp3) is 0.818. The van der Waals surface area contributed by atoms with Crippen molar-refractivity contribution in [2.75, 3.05) is 13.1 Å². The Bertz CT molecular complexity index is 316. The van der Waals surface area contributed by atoms with Crippen molar-refractivity contribution < 1.29 is 9.53 Å². The zero-order chi connectivity index (χ0) is 13.8. The minimum Gasteiger partial charge on any atom is -0.444 e. The van der Waals surface area contributed by atoms with Crippen LogP contribution in [-0.2, 0) is 4.74 Å². The number of carbonyl (C=O) groups excluding carboxylic acids is 1. The first-order chi connectivity index (χ1) is 8.37. The topological polar surface area (TPSA) is 106 Å². The number of amidine groups is 1. The van der Waals surface area contributed by atoms with Gasteiger partial charge in [0.25, 0.3) is 0 Å². The first kappa shape index (κ1) is 14.6. The second kappa shape index (κ2) is 5.90. The molecule has 7 heteroatoms. The molecule has 0 aliphatic carbocycles. The molecule has 0 bridgehead atoms. The van der Waals surface area contributed by atoms with E-state index in [1.54, 1.807) is 4.90 Å². The molecule has 1 rings (SSSR count). The molecule has 0 saturated carbocycles. The number of rotatable bonds is 1. The molecule has 0 radical (unpaired) electrons. The molecule has 1 aliphatic heterocycles. The Morgan fingerprint density at radius 2 is 1.94 bits per heavy atom. The minimum absolute atomic E-state index is 0.179. The molecule has 0 spiro atoms. The number of piperidine rings is 1. The number of ether oxygens (including phenoxy) is 1. The molecule has 1 heterocycles. The van der Waals surface area contributed by atoms with Crippen LogP contribution in [0.2, 0.25) is 0 Å². The number of likely N-dealkylation sites (tertiary alicyclic amines) is 1. The number of amides is 1. The van der Waals surface area contributed by atoms with Gasteiger partial charge in [-0.1, -0.05) is 0 Å². The Kier molecular flexibility index (Phi) is 4.77. The van der Waals surface area contributed by atoms with Gasteiger partial charge in [0.2, 0.25) is 0 Å². The summed E-state index contributed by atoms with van der Waals surface area (Å²) >= 11 is 0. The van der Waals surface area contributed by atoms with Crippen molar-refractivity contribution in [2.45, 2.75) is 39.2 Å². The average molecular weight is 257 g/mol. The van der Waals surface area contributed by atoms with Crippen LogP contribution in [0.5, 0.6) is 0 Å². The molecule has 0 aromatic rings. The van der Waals surface area contributed by atoms with Crippen molar-refractivity contribution in [1.82, 2.24) is 10.3 Å². The van der Waals surface area contributed by atoms with E-state index in [9.17, 15) is 4.79 Å². The Balaban J connectivity index is 2.47. The number of nitrogens with two attached hydrogens (primary N) is 2. The van der Waals surface area contributed by atoms with Gasteiger partial charge in [-0.2, -0.15) is 5.10 Å². The Morgan fingerprint density at radius 3 is 2.33 bits per heavy atom. The summed E-state index contributed by atoms with van der Waals surface area (Å²) in [5, 5.41) is 3.61. The molecule has 1 amide bonds. The van der Waals surface area contributed by atoms with Crippen LogP contribution in [0.4, 0.5) is 4.79 Å². The molecule has 0 aromatic heterocycles. The molecule has 1 aliphatic rings. The average Bonchev–Trinajstić information content (AvgIpc) is 2.29. The first-order valence-electron chi connectivity index (χ1n) is 6.09. The van der Waals surface area contributed by atoms with Crippen LogP contribution in [0.1, 0.15) is 33.6 Å². The number of nitrogens with one attached hydrogen (secondary N) is 1. The number of hydrazine groups is 1. The lowest BCUT2D eigenvalue weighted by Crippen LogP contribution is -2.46. The summed E-state index contributed by atoms with van der Waals surface area (Å²) in [5.74, 6) is 11.3. The molecular formula is C11H23N5O2. The van der Waals surface area contributed by atoms with Gasteiger partial charge in [0.15, 0.2) is 0 Å². The molecule has 5 N–H and O–H groups in total. The summed E-state index contributed by atoms with van der Waals surface area (Å²) in [5.41, 5.74) is 2.03. The number of hydrazone groups is 1. The smallest absolute Gasteiger partial charge is 0.410 e. The van der Waals surface area contributed by atoms with Crippen LogP contribution in [0.15, 0.2) is 5.10 Å². The van der Waals surface area contributed by atoms with E-state index in [0.29, 0.717) is 18.9 Å². The number of hydrogen-bond donors (Lipinski definition) is 3. The van der Waals surface area contributed by atoms with Crippen LogP contribution >= 0.6 is 0 Å². The van der Waals surface area contributed by atoms with Crippen molar-refractivity contribution in [3.8, 4) is 0 Å². The summed E-state index contributed by atoms with van der Waals surface area (Å²) in [6.07, 6.45) is 1.28. The summed E-state index contributed by atoms with van der Waals surface area (Å²) in [4.78, 5) is 13.5. The summed E-state index contributed by atoms with van der Waals surface area (Å²) in [6.45, 7) is 6.82. The highest BCUT2D eigenvalue weighted by atomic mass is 16.6. The van der Waals surface area contributed by atoms with Crippen LogP contribution in [0, 0.1) is 5.92 Å². The van der Waals surface area contributed by atoms with Gasteiger partial charge in [0.1, 0.15) is 11.4 Å². The summed E-state index contributed by atoms with van der Waals surface area (Å²) < 4.78 is 5.32. The summed E-state index contributed by atoms with van der Waals surface area (Å²) in [7, 11) is 0. The van der Waals surface area contributed by atoms with Gasteiger partial charge in [-0.3, -0.25) is 0 Å². The van der Waals surface area contributed by atoms with E-state index in [0.717, 1.165) is 12.8 Å². The van der Waals surface area contributed by atoms with E-state index in [4.69, 9.17) is 16.4 Å². The van der Waals surface area contributed by atoms with Crippen LogP contribution in [0.3, 0.4) is 0 Å². The molecular weight excluding hydrogens is 234 g/mol. The fourth-order valence-corrected chi connectivity index (χ4v) is 1.92. The van der Waals surface area contributed by atoms with Gasteiger partial charge >= 0.3 is 6.09 Å². The normalized spacial score (nSPS) is 18.7. The maximum Gasteiger partial charge on any atom is 0.410 e. The third kappa shape index (κ3) is 4.06. The zero-order valence-electron chi connectivity index (χ0n) is 11.3. The molecule has 104 valence electrons. The van der Waals surface area contributed by atoms with E-state index >= 15 is 0 Å². The molecule has 1 saturated heterocycles. The second-order valence-electron chi connectivity index (χ2n) is 5.40. The molecule has 7 nitrogen and oxygen atoms in total. The van der Waals surface area contributed by atoms with Gasteiger partial charge in [0, 0.05) is 19.0 Å². The highest BCUT2D eigenvalue weighted by Crippen LogP contribution is 2.19. The maximum absolute atomic E-state index is 11.8. The van der Waals surface area contributed by atoms with Crippen LogP contribution in [-0.4, -0.2) is 35.5 Å². The standard InChI is InChI=1S/C11H23N5O2/c1-11(2,3)18-10(17)16-6-4-8(5-7-16)9(14-12)15-13/h8H,4-7,12-13H2,1-3H3,(H,14,15). The third-order valence-corrected chi connectivity index (χ3v) is 2.82. The molecule has 0 unspecified atom stereocenters. The fourth-order valence-electron chi connectivity index (χ4n) is 1.92. The van der Waals surface area contributed by atoms with E-state index < -0.39 is 5.60 Å². The molecule has 0 atom stereocenters. The molecule has 1 fully saturated rings. The van der Waals surface area contributed by atoms with Gasteiger partial charge < -0.3 is 20.9 Å². The minimum atomic E-state index is -0.462. The molecule has 18 heavy (non-hydrogen) atoms. The number of hydrogen-bond acceptors (Lipinski definition) is 5. The number of carbonyl (C=O) groups is 1. The lowest BCUT2D eigenvalue weighted by Gasteiger charge is -2.33. The Morgan fingerprint density at radius 1 is 1.39 bits per heavy atom.